The van der Waals surface area contributed by atoms with Crippen LogP contribution in [0.5, 0.6) is 5.75 Å². The van der Waals surface area contributed by atoms with Crippen LogP contribution in [0.3, 0.4) is 0 Å². The molecule has 0 bridgehead atoms. The highest BCUT2D eigenvalue weighted by atomic mass is 19.1. The van der Waals surface area contributed by atoms with E-state index in [1.54, 1.807) is 0 Å². The molecule has 0 radical (unpaired) electrons. The maximum absolute atomic E-state index is 13.0. The second kappa shape index (κ2) is 3.51. The minimum atomic E-state index is -0.735. The van der Waals surface area contributed by atoms with E-state index < -0.39 is 11.6 Å². The number of aromatic hydroxyl groups is 1. The molecule has 1 aromatic carbocycles. The molecule has 1 heterocycles. The molecule has 0 aliphatic carbocycles. The van der Waals surface area contributed by atoms with Crippen molar-refractivity contribution in [1.29, 1.82) is 0 Å². The standard InChI is InChI=1S/C10H11FN2O2/c11-7-2-1-3-8(10(7)15)13-5-6(12)4-9(13)14/h1-3,6,15H,4-5,12H2. The van der Waals surface area contributed by atoms with Gasteiger partial charge in [-0.15, -0.1) is 0 Å². The zero-order valence-electron chi connectivity index (χ0n) is 7.98. The SMILES string of the molecule is NC1CC(=O)N(c2cccc(F)c2O)C1. The molecule has 0 spiro atoms. The maximum Gasteiger partial charge on any atom is 0.228 e. The molecule has 1 aliphatic rings. The molecule has 0 aromatic heterocycles. The summed E-state index contributed by atoms with van der Waals surface area (Å²) in [5.74, 6) is -1.43. The van der Waals surface area contributed by atoms with E-state index in [-0.39, 0.29) is 24.1 Å². The number of hydrogen-bond donors (Lipinski definition) is 2. The summed E-state index contributed by atoms with van der Waals surface area (Å²) in [5, 5.41) is 9.45. The first-order chi connectivity index (χ1) is 7.09. The predicted molar refractivity (Wildman–Crippen MR) is 53.0 cm³/mol. The highest BCUT2D eigenvalue weighted by molar-refractivity contribution is 5.97. The molecule has 80 valence electrons. The van der Waals surface area contributed by atoms with E-state index >= 15 is 0 Å². The molecule has 2 rings (SSSR count). The molecule has 5 heteroatoms. The molecule has 1 saturated heterocycles. The Labute approximate surface area is 86.1 Å². The van der Waals surface area contributed by atoms with E-state index in [0.29, 0.717) is 6.54 Å². The Morgan fingerprint density at radius 1 is 1.53 bits per heavy atom. The third-order valence-electron chi connectivity index (χ3n) is 2.41. The number of hydrogen-bond acceptors (Lipinski definition) is 3. The number of phenols is 1. The minimum absolute atomic E-state index is 0.188. The number of para-hydroxylation sites is 1. The van der Waals surface area contributed by atoms with Gasteiger partial charge in [-0.05, 0) is 12.1 Å². The van der Waals surface area contributed by atoms with Crippen molar-refractivity contribution in [3.63, 3.8) is 0 Å². The van der Waals surface area contributed by atoms with E-state index in [4.69, 9.17) is 5.73 Å². The predicted octanol–water partition coefficient (Wildman–Crippen LogP) is 0.595. The third-order valence-corrected chi connectivity index (χ3v) is 2.41. The smallest absolute Gasteiger partial charge is 0.228 e. The van der Waals surface area contributed by atoms with Crippen molar-refractivity contribution in [2.75, 3.05) is 11.4 Å². The minimum Gasteiger partial charge on any atom is -0.503 e. The molecule has 4 nitrogen and oxygen atoms in total. The fraction of sp³-hybridized carbons (Fsp3) is 0.300. The van der Waals surface area contributed by atoms with Crippen LogP contribution < -0.4 is 10.6 Å². The van der Waals surface area contributed by atoms with Crippen LogP contribution in [0.15, 0.2) is 18.2 Å². The number of carbonyl (C=O) groups is 1. The van der Waals surface area contributed by atoms with Gasteiger partial charge in [-0.3, -0.25) is 4.79 Å². The summed E-state index contributed by atoms with van der Waals surface area (Å²) in [7, 11) is 0. The van der Waals surface area contributed by atoms with Crippen molar-refractivity contribution in [1.82, 2.24) is 0 Å². The van der Waals surface area contributed by atoms with Crippen LogP contribution in [-0.2, 0) is 4.79 Å². The Kier molecular flexibility index (Phi) is 2.32. The number of halogens is 1. The van der Waals surface area contributed by atoms with Gasteiger partial charge in [-0.2, -0.15) is 0 Å². The normalized spacial score (nSPS) is 21.1. The summed E-state index contributed by atoms with van der Waals surface area (Å²) in [6, 6.07) is 3.83. The fourth-order valence-corrected chi connectivity index (χ4v) is 1.69. The second-order valence-electron chi connectivity index (χ2n) is 3.58. The Bertz CT molecular complexity index is 408. The monoisotopic (exact) mass is 210 g/mol. The number of nitrogens with zero attached hydrogens (tertiary/aromatic N) is 1. The van der Waals surface area contributed by atoms with Crippen molar-refractivity contribution in [3.05, 3.63) is 24.0 Å². The van der Waals surface area contributed by atoms with Crippen molar-refractivity contribution < 1.29 is 14.3 Å². The van der Waals surface area contributed by atoms with Gasteiger partial charge in [-0.1, -0.05) is 6.07 Å². The molecule has 3 N–H and O–H groups in total. The van der Waals surface area contributed by atoms with Gasteiger partial charge in [-0.25, -0.2) is 4.39 Å². The van der Waals surface area contributed by atoms with Crippen LogP contribution in [0.25, 0.3) is 0 Å². The summed E-state index contributed by atoms with van der Waals surface area (Å²) in [6.07, 6.45) is 0.232. The van der Waals surface area contributed by atoms with Crippen LogP contribution in [0.4, 0.5) is 10.1 Å². The second-order valence-corrected chi connectivity index (χ2v) is 3.58. The summed E-state index contributed by atoms with van der Waals surface area (Å²) < 4.78 is 13.0. The Balaban J connectivity index is 2.38. The van der Waals surface area contributed by atoms with E-state index in [0.717, 1.165) is 6.07 Å². The van der Waals surface area contributed by atoms with Crippen molar-refractivity contribution in [3.8, 4) is 5.75 Å². The summed E-state index contributed by atoms with van der Waals surface area (Å²) in [4.78, 5) is 12.8. The van der Waals surface area contributed by atoms with Crippen molar-refractivity contribution >= 4 is 11.6 Å². The summed E-state index contributed by atoms with van der Waals surface area (Å²) >= 11 is 0. The topological polar surface area (TPSA) is 66.6 Å². The van der Waals surface area contributed by atoms with Crippen LogP contribution in [-0.4, -0.2) is 23.6 Å². The number of benzene rings is 1. The van der Waals surface area contributed by atoms with E-state index in [9.17, 15) is 14.3 Å². The van der Waals surface area contributed by atoms with Gasteiger partial charge in [0.25, 0.3) is 0 Å². The van der Waals surface area contributed by atoms with E-state index in [2.05, 4.69) is 0 Å². The first-order valence-electron chi connectivity index (χ1n) is 4.63. The van der Waals surface area contributed by atoms with Gasteiger partial charge in [0.1, 0.15) is 0 Å². The Hall–Kier alpha value is -1.62. The van der Waals surface area contributed by atoms with Gasteiger partial charge in [0.15, 0.2) is 11.6 Å². The van der Waals surface area contributed by atoms with E-state index in [1.807, 2.05) is 0 Å². The van der Waals surface area contributed by atoms with Crippen molar-refractivity contribution in [2.24, 2.45) is 5.73 Å². The molecule has 1 amide bonds. The average molecular weight is 210 g/mol. The maximum atomic E-state index is 13.0. The van der Waals surface area contributed by atoms with Gasteiger partial charge in [0, 0.05) is 19.0 Å². The van der Waals surface area contributed by atoms with Crippen LogP contribution >= 0.6 is 0 Å². The van der Waals surface area contributed by atoms with E-state index in [1.165, 1.54) is 17.0 Å². The number of rotatable bonds is 1. The van der Waals surface area contributed by atoms with Crippen LogP contribution in [0.1, 0.15) is 6.42 Å². The third kappa shape index (κ3) is 1.66. The number of nitrogens with two attached hydrogens (primary N) is 1. The lowest BCUT2D eigenvalue weighted by molar-refractivity contribution is -0.117. The fourth-order valence-electron chi connectivity index (χ4n) is 1.69. The molecule has 1 fully saturated rings. The number of anilines is 1. The summed E-state index contributed by atoms with van der Waals surface area (Å²) in [5.41, 5.74) is 5.79. The molecular formula is C10H11FN2O2. The number of carbonyl (C=O) groups excluding carboxylic acids is 1. The van der Waals surface area contributed by atoms with Gasteiger partial charge < -0.3 is 15.7 Å². The average Bonchev–Trinajstić information content (AvgIpc) is 2.50. The molecule has 15 heavy (non-hydrogen) atoms. The Morgan fingerprint density at radius 2 is 2.27 bits per heavy atom. The lowest BCUT2D eigenvalue weighted by atomic mass is 10.2. The lowest BCUT2D eigenvalue weighted by Gasteiger charge is -2.17. The highest BCUT2D eigenvalue weighted by Crippen LogP contribution is 2.32. The zero-order chi connectivity index (χ0) is 11.0. The molecule has 1 atom stereocenters. The first-order valence-corrected chi connectivity index (χ1v) is 4.63. The molecular weight excluding hydrogens is 199 g/mol. The molecule has 1 unspecified atom stereocenters. The first kappa shape index (κ1) is 9.92. The lowest BCUT2D eigenvalue weighted by Crippen LogP contribution is -2.28. The molecule has 1 aliphatic heterocycles. The zero-order valence-corrected chi connectivity index (χ0v) is 7.98. The highest BCUT2D eigenvalue weighted by Gasteiger charge is 2.30. The Morgan fingerprint density at radius 3 is 2.87 bits per heavy atom. The van der Waals surface area contributed by atoms with Gasteiger partial charge in [0.05, 0.1) is 5.69 Å². The largest absolute Gasteiger partial charge is 0.503 e. The van der Waals surface area contributed by atoms with Crippen LogP contribution in [0.2, 0.25) is 0 Å². The van der Waals surface area contributed by atoms with Crippen LogP contribution in [0, 0.1) is 5.82 Å². The van der Waals surface area contributed by atoms with Crippen molar-refractivity contribution in [2.45, 2.75) is 12.5 Å². The summed E-state index contributed by atoms with van der Waals surface area (Å²) in [6.45, 7) is 0.315. The molecule has 0 saturated carbocycles. The number of amides is 1. The van der Waals surface area contributed by atoms with Gasteiger partial charge in [0.2, 0.25) is 5.91 Å². The number of phenolic OH excluding ortho intramolecular Hbond substituents is 1. The van der Waals surface area contributed by atoms with Gasteiger partial charge >= 0.3 is 0 Å². The quantitative estimate of drug-likeness (QED) is 0.713. The molecule has 1 aromatic rings.